The van der Waals surface area contributed by atoms with Gasteiger partial charge in [0.15, 0.2) is 6.10 Å². The number of hydrogen-bond acceptors (Lipinski definition) is 3. The van der Waals surface area contributed by atoms with E-state index in [9.17, 15) is 4.79 Å². The molecule has 4 heteroatoms. The fourth-order valence-electron chi connectivity index (χ4n) is 2.77. The zero-order valence-electron chi connectivity index (χ0n) is 15.6. The van der Waals surface area contributed by atoms with Crippen molar-refractivity contribution in [3.63, 3.8) is 0 Å². The normalized spacial score (nSPS) is 13.0. The summed E-state index contributed by atoms with van der Waals surface area (Å²) in [6.07, 6.45) is 0.240. The molecule has 0 radical (unpaired) electrons. The lowest BCUT2D eigenvalue weighted by Crippen LogP contribution is -2.38. The second kappa shape index (κ2) is 8.56. The quantitative estimate of drug-likeness (QED) is 0.814. The summed E-state index contributed by atoms with van der Waals surface area (Å²) in [5.41, 5.74) is 3.22. The van der Waals surface area contributed by atoms with Gasteiger partial charge in [-0.3, -0.25) is 4.79 Å². The van der Waals surface area contributed by atoms with Crippen LogP contribution in [0.5, 0.6) is 11.5 Å². The summed E-state index contributed by atoms with van der Waals surface area (Å²) in [5, 5.41) is 3.08. The maximum Gasteiger partial charge on any atom is 0.261 e. The Balaban J connectivity index is 2.04. The molecule has 2 atom stereocenters. The van der Waals surface area contributed by atoms with Gasteiger partial charge in [0.25, 0.3) is 5.91 Å². The Morgan fingerprint density at radius 2 is 1.92 bits per heavy atom. The van der Waals surface area contributed by atoms with E-state index >= 15 is 0 Å². The largest absolute Gasteiger partial charge is 0.496 e. The van der Waals surface area contributed by atoms with Crippen molar-refractivity contribution >= 4 is 5.91 Å². The monoisotopic (exact) mass is 341 g/mol. The molecular weight excluding hydrogens is 314 g/mol. The smallest absolute Gasteiger partial charge is 0.261 e. The summed E-state index contributed by atoms with van der Waals surface area (Å²) < 4.78 is 11.1. The standard InChI is InChI=1S/C21H27NO3/c1-6-19(17-10-11-20(24-5)15(3)13-17)22-21(23)16(4)25-18-9-7-8-14(2)12-18/h7-13,16,19H,6H2,1-5H3,(H,22,23)/t16-,19+/m1/s1. The highest BCUT2D eigenvalue weighted by atomic mass is 16.5. The summed E-state index contributed by atoms with van der Waals surface area (Å²) in [4.78, 5) is 12.5. The minimum absolute atomic E-state index is 0.0549. The fourth-order valence-corrected chi connectivity index (χ4v) is 2.77. The van der Waals surface area contributed by atoms with Gasteiger partial charge < -0.3 is 14.8 Å². The van der Waals surface area contributed by atoms with Gasteiger partial charge in [-0.05, 0) is 62.1 Å². The van der Waals surface area contributed by atoms with Crippen LogP contribution in [0.1, 0.15) is 43.0 Å². The molecule has 25 heavy (non-hydrogen) atoms. The highest BCUT2D eigenvalue weighted by Crippen LogP contribution is 2.24. The highest BCUT2D eigenvalue weighted by Gasteiger charge is 2.20. The van der Waals surface area contributed by atoms with E-state index in [2.05, 4.69) is 18.3 Å². The Bertz CT molecular complexity index is 727. The van der Waals surface area contributed by atoms with Crippen molar-refractivity contribution in [3.05, 3.63) is 59.2 Å². The van der Waals surface area contributed by atoms with Gasteiger partial charge >= 0.3 is 0 Å². The van der Waals surface area contributed by atoms with Crippen molar-refractivity contribution in [2.24, 2.45) is 0 Å². The Morgan fingerprint density at radius 3 is 2.52 bits per heavy atom. The first-order chi connectivity index (χ1) is 11.9. The fraction of sp³-hybridized carbons (Fsp3) is 0.381. The number of methoxy groups -OCH3 is 1. The molecule has 0 aromatic heterocycles. The van der Waals surface area contributed by atoms with Gasteiger partial charge in [-0.15, -0.1) is 0 Å². The van der Waals surface area contributed by atoms with Crippen LogP contribution in [0.3, 0.4) is 0 Å². The number of ether oxygens (including phenoxy) is 2. The van der Waals surface area contributed by atoms with E-state index in [1.165, 1.54) is 0 Å². The second-order valence-electron chi connectivity index (χ2n) is 6.28. The van der Waals surface area contributed by atoms with E-state index in [1.54, 1.807) is 14.0 Å². The molecule has 2 aromatic carbocycles. The van der Waals surface area contributed by atoms with Crippen LogP contribution in [0.4, 0.5) is 0 Å². The minimum atomic E-state index is -0.560. The van der Waals surface area contributed by atoms with E-state index in [0.717, 1.165) is 28.9 Å². The number of hydrogen-bond donors (Lipinski definition) is 1. The number of rotatable bonds is 7. The molecule has 0 aliphatic carbocycles. The average Bonchev–Trinajstić information content (AvgIpc) is 2.59. The van der Waals surface area contributed by atoms with Gasteiger partial charge in [0.2, 0.25) is 0 Å². The topological polar surface area (TPSA) is 47.6 Å². The van der Waals surface area contributed by atoms with E-state index in [1.807, 2.05) is 50.2 Å². The molecule has 0 saturated carbocycles. The summed E-state index contributed by atoms with van der Waals surface area (Å²) in [6, 6.07) is 13.6. The van der Waals surface area contributed by atoms with Crippen LogP contribution in [-0.4, -0.2) is 19.1 Å². The van der Waals surface area contributed by atoms with Gasteiger partial charge in [-0.2, -0.15) is 0 Å². The van der Waals surface area contributed by atoms with Gasteiger partial charge in [0.05, 0.1) is 13.2 Å². The molecule has 0 fully saturated rings. The lowest BCUT2D eigenvalue weighted by atomic mass is 10.0. The summed E-state index contributed by atoms with van der Waals surface area (Å²) in [7, 11) is 1.66. The van der Waals surface area contributed by atoms with Crippen LogP contribution in [0.15, 0.2) is 42.5 Å². The van der Waals surface area contributed by atoms with Crippen molar-refractivity contribution in [3.8, 4) is 11.5 Å². The number of amides is 1. The second-order valence-corrected chi connectivity index (χ2v) is 6.28. The first-order valence-electron chi connectivity index (χ1n) is 8.62. The molecule has 0 aliphatic heterocycles. The van der Waals surface area contributed by atoms with E-state index in [0.29, 0.717) is 5.75 Å². The number of aryl methyl sites for hydroxylation is 2. The van der Waals surface area contributed by atoms with Gasteiger partial charge in [-0.25, -0.2) is 0 Å². The predicted molar refractivity (Wildman–Crippen MR) is 100 cm³/mol. The molecule has 2 rings (SSSR count). The molecule has 1 amide bonds. The Kier molecular flexibility index (Phi) is 6.45. The van der Waals surface area contributed by atoms with E-state index < -0.39 is 6.10 Å². The van der Waals surface area contributed by atoms with Crippen LogP contribution < -0.4 is 14.8 Å². The zero-order valence-corrected chi connectivity index (χ0v) is 15.6. The summed E-state index contributed by atoms with van der Waals surface area (Å²) >= 11 is 0. The van der Waals surface area contributed by atoms with Gasteiger partial charge in [0.1, 0.15) is 11.5 Å². The third-order valence-electron chi connectivity index (χ3n) is 4.22. The maximum absolute atomic E-state index is 12.5. The molecule has 0 spiro atoms. The third-order valence-corrected chi connectivity index (χ3v) is 4.22. The average molecular weight is 341 g/mol. The van der Waals surface area contributed by atoms with Crippen molar-refractivity contribution in [2.45, 2.75) is 46.3 Å². The first kappa shape index (κ1) is 18.8. The van der Waals surface area contributed by atoms with Gasteiger partial charge in [-0.1, -0.05) is 31.2 Å². The lowest BCUT2D eigenvalue weighted by Gasteiger charge is -2.22. The molecule has 0 saturated heterocycles. The maximum atomic E-state index is 12.5. The van der Waals surface area contributed by atoms with Crippen molar-refractivity contribution < 1.29 is 14.3 Å². The molecule has 0 bridgehead atoms. The first-order valence-corrected chi connectivity index (χ1v) is 8.62. The Morgan fingerprint density at radius 1 is 1.16 bits per heavy atom. The van der Waals surface area contributed by atoms with Crippen LogP contribution >= 0.6 is 0 Å². The lowest BCUT2D eigenvalue weighted by molar-refractivity contribution is -0.128. The number of carbonyl (C=O) groups is 1. The molecule has 1 N–H and O–H groups in total. The molecule has 0 aliphatic rings. The van der Waals surface area contributed by atoms with Gasteiger partial charge in [0, 0.05) is 0 Å². The Hall–Kier alpha value is -2.49. The molecule has 2 aromatic rings. The molecule has 0 heterocycles. The van der Waals surface area contributed by atoms with Crippen LogP contribution in [0, 0.1) is 13.8 Å². The van der Waals surface area contributed by atoms with Crippen molar-refractivity contribution in [1.29, 1.82) is 0 Å². The van der Waals surface area contributed by atoms with Crippen LogP contribution in [0.25, 0.3) is 0 Å². The van der Waals surface area contributed by atoms with E-state index in [-0.39, 0.29) is 11.9 Å². The number of benzene rings is 2. The predicted octanol–water partition coefficient (Wildman–Crippen LogP) is 4.35. The summed E-state index contributed by atoms with van der Waals surface area (Å²) in [6.45, 7) is 7.82. The van der Waals surface area contributed by atoms with Crippen molar-refractivity contribution in [2.75, 3.05) is 7.11 Å². The zero-order chi connectivity index (χ0) is 18.4. The molecule has 4 nitrogen and oxygen atoms in total. The van der Waals surface area contributed by atoms with Crippen LogP contribution in [0.2, 0.25) is 0 Å². The SMILES string of the molecule is CC[C@H](NC(=O)[C@@H](C)Oc1cccc(C)c1)c1ccc(OC)c(C)c1. The number of nitrogens with one attached hydrogen (secondary N) is 1. The highest BCUT2D eigenvalue weighted by molar-refractivity contribution is 5.81. The number of carbonyl (C=O) groups excluding carboxylic acids is 1. The molecule has 0 unspecified atom stereocenters. The minimum Gasteiger partial charge on any atom is -0.496 e. The molecular formula is C21H27NO3. The molecule has 134 valence electrons. The van der Waals surface area contributed by atoms with Crippen LogP contribution in [-0.2, 0) is 4.79 Å². The summed E-state index contributed by atoms with van der Waals surface area (Å²) in [5.74, 6) is 1.43. The van der Waals surface area contributed by atoms with E-state index in [4.69, 9.17) is 9.47 Å². The Labute approximate surface area is 150 Å². The third kappa shape index (κ3) is 4.99. The van der Waals surface area contributed by atoms with Crippen molar-refractivity contribution in [1.82, 2.24) is 5.32 Å².